The molecular weight excluding hydrogens is 592 g/mol. The van der Waals surface area contributed by atoms with Crippen LogP contribution in [0.25, 0.3) is 10.8 Å². The average Bonchev–Trinajstić information content (AvgIpc) is 2.91. The van der Waals surface area contributed by atoms with Gasteiger partial charge in [-0.2, -0.15) is 0 Å². The van der Waals surface area contributed by atoms with Gasteiger partial charge >= 0.3 is 0 Å². The van der Waals surface area contributed by atoms with E-state index in [2.05, 4.69) is 29.4 Å². The zero-order valence-electron chi connectivity index (χ0n) is 23.1. The summed E-state index contributed by atoms with van der Waals surface area (Å²) in [7, 11) is -9.48. The van der Waals surface area contributed by atoms with Crippen LogP contribution in [0.15, 0.2) is 46.2 Å². The first-order chi connectivity index (χ1) is 19.8. The Kier molecular flexibility index (Phi) is 7.85. The van der Waals surface area contributed by atoms with Crippen molar-refractivity contribution in [3.63, 3.8) is 0 Å². The predicted molar refractivity (Wildman–Crippen MR) is 144 cm³/mol. The predicted octanol–water partition coefficient (Wildman–Crippen LogP) is -2.46. The van der Waals surface area contributed by atoms with Gasteiger partial charge in [-0.15, -0.1) is 0 Å². The Bertz CT molecular complexity index is 1370. The van der Waals surface area contributed by atoms with Crippen LogP contribution in [-0.4, -0.2) is 168 Å². The highest BCUT2D eigenvalue weighted by Gasteiger charge is 2.49. The molecule has 0 atom stereocenters. The molecule has 8 bridgehead atoms. The summed E-state index contributed by atoms with van der Waals surface area (Å²) in [6.45, 7) is 13.3. The number of rotatable bonds is 4. The van der Waals surface area contributed by atoms with Crippen LogP contribution < -0.4 is 0 Å². The molecule has 0 unspecified atom stereocenters. The summed E-state index contributed by atoms with van der Waals surface area (Å²) in [5.74, 6) is 0. The molecule has 2 N–H and O–H groups in total. The van der Waals surface area contributed by atoms with E-state index < -0.39 is 30.0 Å². The van der Waals surface area contributed by atoms with Gasteiger partial charge in [-0.3, -0.25) is 8.97 Å². The molecule has 8 aliphatic rings. The van der Waals surface area contributed by atoms with E-state index in [1.165, 1.54) is 24.3 Å². The lowest BCUT2D eigenvalue weighted by molar-refractivity contribution is -0.994. The van der Waals surface area contributed by atoms with Crippen LogP contribution in [0.3, 0.4) is 0 Å². The summed E-state index contributed by atoms with van der Waals surface area (Å²) in [6, 6.07) is 7.09. The van der Waals surface area contributed by atoms with Crippen molar-refractivity contribution in [3.8, 4) is 0 Å². The van der Waals surface area contributed by atoms with Gasteiger partial charge in [0.25, 0.3) is 0 Å². The second-order valence-electron chi connectivity index (χ2n) is 12.2. The number of quaternary nitrogens is 2. The first-order valence-corrected chi connectivity index (χ1v) is 16.3. The van der Waals surface area contributed by atoms with Gasteiger partial charge in [0, 0.05) is 10.8 Å². The minimum atomic E-state index is -4.74. The van der Waals surface area contributed by atoms with E-state index in [1.807, 2.05) is 0 Å². The van der Waals surface area contributed by atoms with Crippen molar-refractivity contribution in [1.82, 2.24) is 29.4 Å². The molecule has 8 fully saturated rings. The van der Waals surface area contributed by atoms with Gasteiger partial charge in [-0.25, -0.2) is 46.2 Å². The summed E-state index contributed by atoms with van der Waals surface area (Å²) < 4.78 is 67.8. The Morgan fingerprint density at radius 2 is 0.810 bits per heavy atom. The van der Waals surface area contributed by atoms with E-state index in [1.54, 1.807) is 0 Å². The van der Waals surface area contributed by atoms with Crippen molar-refractivity contribution in [2.45, 2.75) is 9.79 Å². The van der Waals surface area contributed by atoms with Crippen molar-refractivity contribution < 1.29 is 45.1 Å². The number of aliphatic hydroxyl groups is 2. The van der Waals surface area contributed by atoms with E-state index in [9.17, 15) is 36.2 Å². The molecule has 18 heteroatoms. The molecule has 0 amide bonds. The SMILES string of the molecule is O=S(=O)([O-])c1cccc2c(S(=O)(=O)[O-])cccc12.OC[N+]12CN3CN(CN(C3)C1)C2.OC[N+]12CN3CN(CN(C3)C1)C2. The highest BCUT2D eigenvalue weighted by atomic mass is 32.2. The first kappa shape index (κ1) is 30.2. The van der Waals surface area contributed by atoms with Gasteiger partial charge in [-0.05, 0) is 12.1 Å². The molecule has 0 saturated carbocycles. The first-order valence-electron chi connectivity index (χ1n) is 13.5. The summed E-state index contributed by atoms with van der Waals surface area (Å²) in [4.78, 5) is 13.3. The molecule has 10 rings (SSSR count). The molecule has 8 aliphatic heterocycles. The van der Waals surface area contributed by atoms with E-state index >= 15 is 0 Å². The molecular formula is C24H36N8O8S2. The second kappa shape index (κ2) is 10.9. The molecule has 0 spiro atoms. The molecule has 232 valence electrons. The fourth-order valence-corrected chi connectivity index (χ4v) is 8.66. The van der Waals surface area contributed by atoms with Gasteiger partial charge < -0.3 is 19.3 Å². The molecule has 2 aromatic carbocycles. The van der Waals surface area contributed by atoms with Crippen LogP contribution in [0.2, 0.25) is 0 Å². The van der Waals surface area contributed by atoms with Crippen molar-refractivity contribution in [2.24, 2.45) is 0 Å². The molecule has 0 aromatic heterocycles. The second-order valence-corrected chi connectivity index (χ2v) is 14.9. The van der Waals surface area contributed by atoms with Crippen LogP contribution >= 0.6 is 0 Å². The number of aliphatic hydroxyl groups excluding tert-OH is 2. The third-order valence-electron chi connectivity index (χ3n) is 8.38. The lowest BCUT2D eigenvalue weighted by atomic mass is 10.1. The quantitative estimate of drug-likeness (QED) is 0.269. The van der Waals surface area contributed by atoms with Crippen molar-refractivity contribution in [2.75, 3.05) is 93.5 Å². The minimum absolute atomic E-state index is 0.0792. The summed E-state index contributed by atoms with van der Waals surface area (Å²) >= 11 is 0. The molecule has 2 aromatic rings. The topological polar surface area (TPSA) is 174 Å². The largest absolute Gasteiger partial charge is 0.744 e. The number of benzene rings is 2. The molecule has 42 heavy (non-hydrogen) atoms. The van der Waals surface area contributed by atoms with E-state index in [4.69, 9.17) is 0 Å². The van der Waals surface area contributed by atoms with Crippen molar-refractivity contribution >= 4 is 31.0 Å². The fraction of sp³-hybridized carbons (Fsp3) is 0.583. The van der Waals surface area contributed by atoms with Crippen LogP contribution in [0.1, 0.15) is 0 Å². The Labute approximate surface area is 245 Å². The van der Waals surface area contributed by atoms with Crippen LogP contribution in [0, 0.1) is 0 Å². The number of fused-ring (bicyclic) bond motifs is 1. The van der Waals surface area contributed by atoms with Crippen molar-refractivity contribution in [1.29, 1.82) is 0 Å². The third kappa shape index (κ3) is 5.93. The smallest absolute Gasteiger partial charge is 0.183 e. The zero-order valence-corrected chi connectivity index (χ0v) is 24.7. The Balaban J connectivity index is 0.000000116. The van der Waals surface area contributed by atoms with Crippen molar-refractivity contribution in [3.05, 3.63) is 36.4 Å². The fourth-order valence-electron chi connectivity index (χ4n) is 7.27. The minimum Gasteiger partial charge on any atom is -0.744 e. The molecule has 0 radical (unpaired) electrons. The Hall–Kier alpha value is -1.88. The maximum absolute atomic E-state index is 11.0. The Morgan fingerprint density at radius 1 is 0.548 bits per heavy atom. The lowest BCUT2D eigenvalue weighted by Crippen LogP contribution is -2.79. The highest BCUT2D eigenvalue weighted by Crippen LogP contribution is 2.29. The third-order valence-corrected chi connectivity index (χ3v) is 10.2. The van der Waals surface area contributed by atoms with E-state index in [-0.39, 0.29) is 24.2 Å². The number of nitrogens with zero attached hydrogens (tertiary/aromatic N) is 8. The monoisotopic (exact) mass is 628 g/mol. The lowest BCUT2D eigenvalue weighted by Gasteiger charge is -2.59. The molecule has 16 nitrogen and oxygen atoms in total. The average molecular weight is 629 g/mol. The zero-order chi connectivity index (χ0) is 29.9. The number of hydrogen-bond acceptors (Lipinski definition) is 14. The number of hydrogen-bond donors (Lipinski definition) is 2. The maximum atomic E-state index is 11.0. The highest BCUT2D eigenvalue weighted by molar-refractivity contribution is 7.86. The van der Waals surface area contributed by atoms with Gasteiger partial charge in [0.1, 0.15) is 60.2 Å². The summed E-state index contributed by atoms with van der Waals surface area (Å²) in [6.07, 6.45) is 0. The molecule has 8 saturated heterocycles. The maximum Gasteiger partial charge on any atom is 0.183 e. The van der Waals surface area contributed by atoms with Gasteiger partial charge in [-0.1, -0.05) is 24.3 Å². The van der Waals surface area contributed by atoms with Gasteiger partial charge in [0.2, 0.25) is 0 Å². The summed E-state index contributed by atoms with van der Waals surface area (Å²) in [5, 5.41) is 18.5. The summed E-state index contributed by atoms with van der Waals surface area (Å²) in [5.41, 5.74) is 0. The van der Waals surface area contributed by atoms with Crippen LogP contribution in [0.5, 0.6) is 0 Å². The van der Waals surface area contributed by atoms with E-state index in [0.717, 1.165) is 101 Å². The molecule has 0 aliphatic carbocycles. The van der Waals surface area contributed by atoms with Crippen LogP contribution in [-0.2, 0) is 20.2 Å². The van der Waals surface area contributed by atoms with Gasteiger partial charge in [0.15, 0.2) is 13.5 Å². The van der Waals surface area contributed by atoms with E-state index in [0.29, 0.717) is 0 Å². The molecule has 8 heterocycles. The van der Waals surface area contributed by atoms with Crippen LogP contribution in [0.4, 0.5) is 0 Å². The standard InChI is InChI=1S/C10H8O6S2.2C7H15N4O/c11-17(12,13)9-5-1-3-7-8(9)4-2-6-10(7)18(14,15)16;2*12-7-11-4-8-1-9(5-11)3-10(2-8)6-11/h1-6H,(H,11,12,13)(H,14,15,16);2*12H,1-7H2/q;2*+1/p-2. The van der Waals surface area contributed by atoms with Gasteiger partial charge in [0.05, 0.1) is 49.8 Å². The normalized spacial score (nSPS) is 37.6. The Morgan fingerprint density at radius 3 is 1.02 bits per heavy atom.